The Morgan fingerprint density at radius 2 is 1.45 bits per heavy atom. The van der Waals surface area contributed by atoms with E-state index in [1.54, 1.807) is 0 Å². The van der Waals surface area contributed by atoms with E-state index < -0.39 is 0 Å². The molecule has 0 aliphatic carbocycles. The Morgan fingerprint density at radius 3 is 2.00 bits per heavy atom. The summed E-state index contributed by atoms with van der Waals surface area (Å²) in [7, 11) is 0. The second-order valence-corrected chi connectivity index (χ2v) is 6.84. The number of rotatable bonds is 11. The number of unbranched alkanes of at least 4 members (excludes halogenated alkanes) is 7. The van der Waals surface area contributed by atoms with Gasteiger partial charge in [0.25, 0.3) is 0 Å². The third kappa shape index (κ3) is 17.2. The van der Waals surface area contributed by atoms with Gasteiger partial charge in [-0.2, -0.15) is 0 Å². The molecule has 0 aliphatic heterocycles. The third-order valence-electron chi connectivity index (χ3n) is 3.22. The minimum absolute atomic E-state index is 0.162. The smallest absolute Gasteiger partial charge is 0.302 e. The first kappa shape index (κ1) is 19.2. The predicted octanol–water partition coefficient (Wildman–Crippen LogP) is 5.66. The van der Waals surface area contributed by atoms with Crippen molar-refractivity contribution in [3.05, 3.63) is 12.2 Å². The number of allylic oxidation sites excluding steroid dienone is 2. The van der Waals surface area contributed by atoms with Crippen molar-refractivity contribution in [1.82, 2.24) is 0 Å². The van der Waals surface area contributed by atoms with Crippen molar-refractivity contribution in [1.29, 1.82) is 0 Å². The Labute approximate surface area is 126 Å². The molecule has 2 heteroatoms. The molecule has 0 heterocycles. The molecule has 20 heavy (non-hydrogen) atoms. The van der Waals surface area contributed by atoms with Gasteiger partial charge in [-0.3, -0.25) is 4.79 Å². The van der Waals surface area contributed by atoms with Crippen LogP contribution in [0.4, 0.5) is 0 Å². The summed E-state index contributed by atoms with van der Waals surface area (Å²) in [4.78, 5) is 10.6. The van der Waals surface area contributed by atoms with E-state index in [-0.39, 0.29) is 5.97 Å². The summed E-state index contributed by atoms with van der Waals surface area (Å²) in [5, 5.41) is 0. The zero-order valence-corrected chi connectivity index (χ0v) is 14.0. The number of carbonyl (C=O) groups excluding carboxylic acids is 1. The second kappa shape index (κ2) is 12.0. The minimum atomic E-state index is -0.162. The highest BCUT2D eigenvalue weighted by Gasteiger charge is 2.05. The Balaban J connectivity index is 3.15. The predicted molar refractivity (Wildman–Crippen MR) is 86.8 cm³/mol. The van der Waals surface area contributed by atoms with Gasteiger partial charge in [-0.25, -0.2) is 0 Å². The lowest BCUT2D eigenvalue weighted by molar-refractivity contribution is -0.141. The van der Waals surface area contributed by atoms with Crippen LogP contribution in [-0.2, 0) is 9.53 Å². The summed E-state index contributed by atoms with van der Waals surface area (Å²) in [6.45, 7) is 8.89. The maximum Gasteiger partial charge on any atom is 0.302 e. The molecule has 0 saturated carbocycles. The Kier molecular flexibility index (Phi) is 11.5. The quantitative estimate of drug-likeness (QED) is 0.277. The molecule has 0 saturated heterocycles. The maximum absolute atomic E-state index is 10.6. The van der Waals surface area contributed by atoms with Gasteiger partial charge < -0.3 is 4.74 Å². The number of hydrogen-bond acceptors (Lipinski definition) is 2. The van der Waals surface area contributed by atoms with E-state index in [0.29, 0.717) is 12.0 Å². The molecule has 0 bridgehead atoms. The van der Waals surface area contributed by atoms with Crippen LogP contribution in [-0.4, -0.2) is 12.6 Å². The molecule has 2 nitrogen and oxygen atoms in total. The average molecular weight is 282 g/mol. The first-order valence-corrected chi connectivity index (χ1v) is 8.20. The summed E-state index contributed by atoms with van der Waals surface area (Å²) in [6, 6.07) is 0. The average Bonchev–Trinajstić information content (AvgIpc) is 2.33. The molecule has 0 spiro atoms. The number of ether oxygens (including phenoxy) is 1. The standard InChI is InChI=1S/C18H34O2/c1-17(19)20-16-14-12-10-8-6-5-7-9-11-13-15-18(2,3)4/h11,13H,5-10,12,14-16H2,1-4H3/b13-11-. The zero-order valence-electron chi connectivity index (χ0n) is 14.0. The van der Waals surface area contributed by atoms with Gasteiger partial charge >= 0.3 is 5.97 Å². The van der Waals surface area contributed by atoms with Crippen LogP contribution in [0.3, 0.4) is 0 Å². The van der Waals surface area contributed by atoms with Crippen LogP contribution in [0.5, 0.6) is 0 Å². The molecule has 0 radical (unpaired) electrons. The molecule has 0 amide bonds. The monoisotopic (exact) mass is 282 g/mol. The first-order valence-electron chi connectivity index (χ1n) is 8.20. The van der Waals surface area contributed by atoms with E-state index in [2.05, 4.69) is 32.9 Å². The fourth-order valence-corrected chi connectivity index (χ4v) is 2.02. The van der Waals surface area contributed by atoms with Crippen LogP contribution in [0, 0.1) is 5.41 Å². The molecule has 0 rings (SSSR count). The van der Waals surface area contributed by atoms with E-state index in [4.69, 9.17) is 4.74 Å². The molecular formula is C18H34O2. The van der Waals surface area contributed by atoms with Crippen molar-refractivity contribution in [3.8, 4) is 0 Å². The van der Waals surface area contributed by atoms with Crippen LogP contribution in [0.1, 0.15) is 85.5 Å². The molecule has 0 N–H and O–H groups in total. The lowest BCUT2D eigenvalue weighted by Crippen LogP contribution is -2.01. The molecule has 0 aromatic rings. The van der Waals surface area contributed by atoms with Crippen molar-refractivity contribution >= 4 is 5.97 Å². The Bertz CT molecular complexity index is 261. The van der Waals surface area contributed by atoms with E-state index in [9.17, 15) is 4.79 Å². The zero-order chi connectivity index (χ0) is 15.3. The lowest BCUT2D eigenvalue weighted by Gasteiger charge is -2.14. The first-order chi connectivity index (χ1) is 9.42. The Morgan fingerprint density at radius 1 is 0.900 bits per heavy atom. The van der Waals surface area contributed by atoms with Gasteiger partial charge in [-0.15, -0.1) is 0 Å². The summed E-state index contributed by atoms with van der Waals surface area (Å²) < 4.78 is 4.90. The van der Waals surface area contributed by atoms with E-state index in [1.165, 1.54) is 58.3 Å². The molecule has 0 atom stereocenters. The van der Waals surface area contributed by atoms with E-state index in [1.807, 2.05) is 0 Å². The molecular weight excluding hydrogens is 248 g/mol. The van der Waals surface area contributed by atoms with Crippen LogP contribution in [0.25, 0.3) is 0 Å². The van der Waals surface area contributed by atoms with Gasteiger partial charge in [-0.05, 0) is 31.1 Å². The number of hydrogen-bond donors (Lipinski definition) is 0. The van der Waals surface area contributed by atoms with Gasteiger partial charge in [0.15, 0.2) is 0 Å². The number of carbonyl (C=O) groups is 1. The highest BCUT2D eigenvalue weighted by atomic mass is 16.5. The van der Waals surface area contributed by atoms with Gasteiger partial charge in [0, 0.05) is 6.92 Å². The summed E-state index contributed by atoms with van der Waals surface area (Å²) in [6.07, 6.45) is 15.8. The van der Waals surface area contributed by atoms with Gasteiger partial charge in [-0.1, -0.05) is 65.0 Å². The van der Waals surface area contributed by atoms with Crippen molar-refractivity contribution in [3.63, 3.8) is 0 Å². The highest BCUT2D eigenvalue weighted by molar-refractivity contribution is 5.65. The van der Waals surface area contributed by atoms with Crippen LogP contribution < -0.4 is 0 Å². The lowest BCUT2D eigenvalue weighted by atomic mass is 9.92. The fraction of sp³-hybridized carbons (Fsp3) is 0.833. The molecule has 0 aliphatic rings. The normalized spacial score (nSPS) is 12.0. The van der Waals surface area contributed by atoms with E-state index >= 15 is 0 Å². The van der Waals surface area contributed by atoms with Crippen LogP contribution in [0.2, 0.25) is 0 Å². The summed E-state index contributed by atoms with van der Waals surface area (Å²) in [5.41, 5.74) is 0.419. The molecule has 0 aromatic heterocycles. The highest BCUT2D eigenvalue weighted by Crippen LogP contribution is 2.19. The third-order valence-corrected chi connectivity index (χ3v) is 3.22. The molecule has 0 aromatic carbocycles. The largest absolute Gasteiger partial charge is 0.466 e. The van der Waals surface area contributed by atoms with Crippen molar-refractivity contribution in [2.24, 2.45) is 5.41 Å². The van der Waals surface area contributed by atoms with Gasteiger partial charge in [0.1, 0.15) is 0 Å². The minimum Gasteiger partial charge on any atom is -0.466 e. The SMILES string of the molecule is CC(=O)OCCCCCCCCC/C=C\CC(C)(C)C. The summed E-state index contributed by atoms with van der Waals surface area (Å²) in [5.74, 6) is -0.162. The van der Waals surface area contributed by atoms with Crippen molar-refractivity contribution < 1.29 is 9.53 Å². The molecule has 0 unspecified atom stereocenters. The maximum atomic E-state index is 10.6. The van der Waals surface area contributed by atoms with Crippen LogP contribution in [0.15, 0.2) is 12.2 Å². The number of esters is 1. The van der Waals surface area contributed by atoms with E-state index in [0.717, 1.165) is 6.42 Å². The Hall–Kier alpha value is -0.790. The van der Waals surface area contributed by atoms with Crippen LogP contribution >= 0.6 is 0 Å². The topological polar surface area (TPSA) is 26.3 Å². The molecule has 0 fully saturated rings. The molecule has 118 valence electrons. The summed E-state index contributed by atoms with van der Waals surface area (Å²) >= 11 is 0. The van der Waals surface area contributed by atoms with Crippen molar-refractivity contribution in [2.45, 2.75) is 85.5 Å². The van der Waals surface area contributed by atoms with Gasteiger partial charge in [0.2, 0.25) is 0 Å². The second-order valence-electron chi connectivity index (χ2n) is 6.84. The fourth-order valence-electron chi connectivity index (χ4n) is 2.02. The van der Waals surface area contributed by atoms with Gasteiger partial charge in [0.05, 0.1) is 6.61 Å². The van der Waals surface area contributed by atoms with Crippen molar-refractivity contribution in [2.75, 3.05) is 6.61 Å².